The lowest BCUT2D eigenvalue weighted by Crippen LogP contribution is -2.46. The van der Waals surface area contributed by atoms with Gasteiger partial charge in [-0.15, -0.1) is 0 Å². The summed E-state index contributed by atoms with van der Waals surface area (Å²) in [4.78, 5) is 24.2. The number of anilines is 1. The fourth-order valence-corrected chi connectivity index (χ4v) is 5.37. The summed E-state index contributed by atoms with van der Waals surface area (Å²) >= 11 is 2.92. The Morgan fingerprint density at radius 1 is 1.09 bits per heavy atom. The number of hydrogen-bond donors (Lipinski definition) is 2. The summed E-state index contributed by atoms with van der Waals surface area (Å²) in [6.07, 6.45) is -6.11. The van der Waals surface area contributed by atoms with E-state index in [0.29, 0.717) is 6.07 Å². The number of piperidine rings is 1. The van der Waals surface area contributed by atoms with Gasteiger partial charge in [-0.25, -0.2) is 13.1 Å². The molecule has 1 aliphatic heterocycles. The van der Waals surface area contributed by atoms with Crippen LogP contribution in [0.1, 0.15) is 28.8 Å². The van der Waals surface area contributed by atoms with Crippen LogP contribution in [0.25, 0.3) is 0 Å². The van der Waals surface area contributed by atoms with Gasteiger partial charge in [-0.05, 0) is 43.2 Å². The maximum Gasteiger partial charge on any atom is 0.417 e. The number of hydrogen-bond acceptors (Lipinski definition) is 5. The van der Waals surface area contributed by atoms with Gasteiger partial charge in [0.05, 0.1) is 21.7 Å². The van der Waals surface area contributed by atoms with Gasteiger partial charge in [0.15, 0.2) is 0 Å². The first-order chi connectivity index (χ1) is 15.4. The third-order valence-corrected chi connectivity index (χ3v) is 7.11. The molecule has 0 spiro atoms. The molecule has 0 saturated carbocycles. The fraction of sp³-hybridized carbons (Fsp3) is 0.300. The second-order valence-electron chi connectivity index (χ2n) is 7.28. The van der Waals surface area contributed by atoms with E-state index in [4.69, 9.17) is 0 Å². The van der Waals surface area contributed by atoms with E-state index in [1.165, 1.54) is 23.1 Å². The van der Waals surface area contributed by atoms with E-state index in [0.717, 1.165) is 6.07 Å². The lowest BCUT2D eigenvalue weighted by molar-refractivity contribution is -0.242. The van der Waals surface area contributed by atoms with Crippen LogP contribution in [-0.2, 0) is 16.2 Å². The Kier molecular flexibility index (Phi) is 7.34. The maximum absolute atomic E-state index is 13.3. The number of alkyl halides is 3. The van der Waals surface area contributed by atoms with E-state index in [9.17, 15) is 36.3 Å². The molecule has 1 aliphatic rings. The number of carbonyl (C=O) groups excluding carboxylic acids is 2. The molecule has 1 saturated heterocycles. The lowest BCUT2D eigenvalue weighted by atomic mass is 10.0. The van der Waals surface area contributed by atoms with Crippen LogP contribution in [0.5, 0.6) is 0 Å². The molecule has 2 N–H and O–H groups in total. The Hall–Kier alpha value is -2.64. The number of carboxylic acid groups (broad SMARTS) is 1. The minimum Gasteiger partial charge on any atom is -0.530 e. The first kappa shape index (κ1) is 25.0. The van der Waals surface area contributed by atoms with Crippen molar-refractivity contribution in [1.82, 2.24) is 9.62 Å². The summed E-state index contributed by atoms with van der Waals surface area (Å²) in [6, 6.07) is 8.06. The zero-order valence-electron chi connectivity index (χ0n) is 16.9. The smallest absolute Gasteiger partial charge is 0.417 e. The van der Waals surface area contributed by atoms with Crippen molar-refractivity contribution in [2.24, 2.45) is 0 Å². The molecule has 0 atom stereocenters. The molecule has 1 fully saturated rings. The first-order valence-corrected chi connectivity index (χ1v) is 11.9. The van der Waals surface area contributed by atoms with Crippen molar-refractivity contribution < 1.29 is 36.3 Å². The van der Waals surface area contributed by atoms with Crippen LogP contribution in [0, 0.1) is 0 Å². The minimum atomic E-state index is -4.86. The standard InChI is InChI=1S/C20H19BrF3N3O5S/c21-12-5-6-17(15(11-12)20(22,23)24)33(31,32)26-13-7-9-27(10-8-13)18(28)14-3-1-2-4-16(14)25-19(29)30/h1-6,11,13,25-26H,7-10H2,(H,29,30)/p-1. The van der Waals surface area contributed by atoms with Crippen molar-refractivity contribution in [3.63, 3.8) is 0 Å². The van der Waals surface area contributed by atoms with E-state index in [-0.39, 0.29) is 41.7 Å². The number of benzene rings is 2. The van der Waals surface area contributed by atoms with Crippen LogP contribution in [0.4, 0.5) is 23.7 Å². The molecule has 2 aromatic rings. The van der Waals surface area contributed by atoms with Crippen molar-refractivity contribution >= 4 is 43.6 Å². The molecule has 0 aromatic heterocycles. The Bertz CT molecular complexity index is 1170. The molecule has 0 bridgehead atoms. The molecular formula is C20H18BrF3N3O5S-. The van der Waals surface area contributed by atoms with Gasteiger partial charge in [0.25, 0.3) is 5.91 Å². The molecule has 3 rings (SSSR count). The third-order valence-electron chi connectivity index (χ3n) is 5.03. The first-order valence-electron chi connectivity index (χ1n) is 9.64. The van der Waals surface area contributed by atoms with E-state index < -0.39 is 44.7 Å². The van der Waals surface area contributed by atoms with Crippen molar-refractivity contribution in [2.75, 3.05) is 18.4 Å². The maximum atomic E-state index is 13.3. The zero-order chi connectivity index (χ0) is 24.4. The molecule has 33 heavy (non-hydrogen) atoms. The molecule has 0 unspecified atom stereocenters. The normalized spacial score (nSPS) is 15.3. The van der Waals surface area contributed by atoms with Gasteiger partial charge in [-0.2, -0.15) is 13.2 Å². The predicted octanol–water partition coefficient (Wildman–Crippen LogP) is 2.81. The number of amides is 2. The second kappa shape index (κ2) is 9.69. The fourth-order valence-electron chi connectivity index (χ4n) is 3.50. The zero-order valence-corrected chi connectivity index (χ0v) is 19.3. The molecule has 2 amide bonds. The number of rotatable bonds is 5. The van der Waals surface area contributed by atoms with Gasteiger partial charge < -0.3 is 20.1 Å². The van der Waals surface area contributed by atoms with Gasteiger partial charge in [0.1, 0.15) is 6.09 Å². The van der Waals surface area contributed by atoms with E-state index >= 15 is 0 Å². The summed E-state index contributed by atoms with van der Waals surface area (Å²) in [5.74, 6) is -0.465. The Labute approximate surface area is 196 Å². The largest absolute Gasteiger partial charge is 0.530 e. The van der Waals surface area contributed by atoms with Crippen LogP contribution in [0.15, 0.2) is 51.8 Å². The Morgan fingerprint density at radius 2 is 1.73 bits per heavy atom. The average Bonchev–Trinajstić information content (AvgIpc) is 2.72. The minimum absolute atomic E-state index is 0.0558. The highest BCUT2D eigenvalue weighted by Crippen LogP contribution is 2.36. The molecule has 0 radical (unpaired) electrons. The Balaban J connectivity index is 1.70. The van der Waals surface area contributed by atoms with Crippen molar-refractivity contribution in [3.05, 3.63) is 58.1 Å². The number of nitrogens with zero attached hydrogens (tertiary/aromatic N) is 1. The molecule has 0 aliphatic carbocycles. The quantitative estimate of drug-likeness (QED) is 0.595. The van der Waals surface area contributed by atoms with Crippen LogP contribution < -0.4 is 15.1 Å². The molecule has 2 aromatic carbocycles. The molecular weight excluding hydrogens is 531 g/mol. The topological polar surface area (TPSA) is 119 Å². The number of para-hydroxylation sites is 1. The summed E-state index contributed by atoms with van der Waals surface area (Å²) in [6.45, 7) is 0.246. The van der Waals surface area contributed by atoms with Gasteiger partial charge in [-0.1, -0.05) is 28.1 Å². The second-order valence-corrected chi connectivity index (χ2v) is 9.88. The van der Waals surface area contributed by atoms with Gasteiger partial charge in [0.2, 0.25) is 10.0 Å². The number of nitrogens with one attached hydrogen (secondary N) is 2. The molecule has 8 nitrogen and oxygen atoms in total. The molecule has 13 heteroatoms. The van der Waals surface area contributed by atoms with Crippen LogP contribution in [0.3, 0.4) is 0 Å². The SMILES string of the molecule is O=C([O-])Nc1ccccc1C(=O)N1CCC(NS(=O)(=O)c2ccc(Br)cc2C(F)(F)F)CC1. The number of halogens is 4. The highest BCUT2D eigenvalue weighted by molar-refractivity contribution is 9.10. The summed E-state index contributed by atoms with van der Waals surface area (Å²) < 4.78 is 67.8. The highest BCUT2D eigenvalue weighted by atomic mass is 79.9. The van der Waals surface area contributed by atoms with Crippen LogP contribution in [-0.4, -0.2) is 44.4 Å². The number of sulfonamides is 1. The highest BCUT2D eigenvalue weighted by Gasteiger charge is 2.38. The van der Waals surface area contributed by atoms with Crippen molar-refractivity contribution in [3.8, 4) is 0 Å². The van der Waals surface area contributed by atoms with Crippen molar-refractivity contribution in [1.29, 1.82) is 0 Å². The number of carbonyl (C=O) groups is 2. The van der Waals surface area contributed by atoms with Gasteiger partial charge >= 0.3 is 6.18 Å². The molecule has 1 heterocycles. The summed E-state index contributed by atoms with van der Waals surface area (Å²) in [7, 11) is -4.48. The average molecular weight is 549 g/mol. The van der Waals surface area contributed by atoms with Gasteiger partial charge in [-0.3, -0.25) is 4.79 Å². The Morgan fingerprint density at radius 3 is 2.33 bits per heavy atom. The van der Waals surface area contributed by atoms with E-state index in [2.05, 4.69) is 20.7 Å². The predicted molar refractivity (Wildman–Crippen MR) is 114 cm³/mol. The van der Waals surface area contributed by atoms with Crippen LogP contribution >= 0.6 is 15.9 Å². The van der Waals surface area contributed by atoms with E-state index in [1.807, 2.05) is 5.32 Å². The summed E-state index contributed by atoms with van der Waals surface area (Å²) in [5, 5.41) is 12.9. The summed E-state index contributed by atoms with van der Waals surface area (Å²) in [5.41, 5.74) is -1.13. The number of likely N-dealkylation sites (tertiary alicyclic amines) is 1. The van der Waals surface area contributed by atoms with Crippen LogP contribution in [0.2, 0.25) is 0 Å². The monoisotopic (exact) mass is 548 g/mol. The van der Waals surface area contributed by atoms with E-state index in [1.54, 1.807) is 12.1 Å². The lowest BCUT2D eigenvalue weighted by Gasteiger charge is -2.33. The van der Waals surface area contributed by atoms with Crippen molar-refractivity contribution in [2.45, 2.75) is 30.0 Å². The third kappa shape index (κ3) is 6.03. The molecule has 178 valence electrons. The van der Waals surface area contributed by atoms with Gasteiger partial charge in [0, 0.05) is 23.6 Å².